The van der Waals surface area contributed by atoms with Gasteiger partial charge in [0, 0.05) is 6.26 Å². The molecule has 0 fully saturated rings. The first-order valence-corrected chi connectivity index (χ1v) is 8.11. The summed E-state index contributed by atoms with van der Waals surface area (Å²) in [5.41, 5.74) is 0. The predicted molar refractivity (Wildman–Crippen MR) is 77.9 cm³/mol. The molecule has 0 rings (SSSR count). The summed E-state index contributed by atoms with van der Waals surface area (Å²) in [6.07, 6.45) is 6.55. The summed E-state index contributed by atoms with van der Waals surface area (Å²) in [4.78, 5) is 0. The minimum Gasteiger partial charge on any atom is -0.398 e. The van der Waals surface area contributed by atoms with E-state index in [1.807, 2.05) is 10.8 Å². The lowest BCUT2D eigenvalue weighted by Gasteiger charge is -1.77. The quantitative estimate of drug-likeness (QED) is 0.104. The Morgan fingerprint density at radius 2 is 0.667 bits per heavy atom. The van der Waals surface area contributed by atoms with Gasteiger partial charge in [0.15, 0.2) is 0 Å². The Bertz CT molecular complexity index is 128. The Labute approximate surface area is 127 Å². The monoisotopic (exact) mass is 365 g/mol. The van der Waals surface area contributed by atoms with Crippen molar-refractivity contribution in [2.24, 2.45) is 0 Å². The maximum atomic E-state index is 10.1. The number of rotatable bonds is 1. The zero-order valence-corrected chi connectivity index (χ0v) is 12.8. The van der Waals surface area contributed by atoms with E-state index in [9.17, 15) is 17.3 Å². The standard InChI is InChI=1S/C3H9S2.4BFH2O2/c1-4-5(2)3;4*2-1(3)4/h1-3H3;4*3-4H/q+1;;;;. The second-order valence-corrected chi connectivity index (χ2v) is 6.97. The summed E-state index contributed by atoms with van der Waals surface area (Å²) < 4.78 is 40.4. The highest BCUT2D eigenvalue weighted by Crippen LogP contribution is 2.01. The molecule has 0 aliphatic heterocycles. The zero-order chi connectivity index (χ0) is 18.6. The van der Waals surface area contributed by atoms with Crippen LogP contribution in [0.4, 0.5) is 17.3 Å². The van der Waals surface area contributed by atoms with Crippen molar-refractivity contribution in [3.8, 4) is 0 Å². The van der Waals surface area contributed by atoms with Gasteiger partial charge in [0.25, 0.3) is 0 Å². The molecule has 0 unspecified atom stereocenters. The van der Waals surface area contributed by atoms with Gasteiger partial charge in [-0.15, -0.1) is 0 Å². The van der Waals surface area contributed by atoms with E-state index in [0.29, 0.717) is 9.93 Å². The molecule has 0 aromatic carbocycles. The van der Waals surface area contributed by atoms with Gasteiger partial charge in [-0.1, -0.05) is 0 Å². The van der Waals surface area contributed by atoms with Gasteiger partial charge >= 0.3 is 29.6 Å². The fraction of sp³-hybridized carbons (Fsp3) is 1.00. The number of hydrogen-bond donors (Lipinski definition) is 8. The molecule has 8 nitrogen and oxygen atoms in total. The SMILES string of the molecule is CS[S+](C)C.OB(O)F.OB(O)F.OB(O)F.OB(O)F. The van der Waals surface area contributed by atoms with Crippen molar-refractivity contribution < 1.29 is 57.5 Å². The summed E-state index contributed by atoms with van der Waals surface area (Å²) in [5.74, 6) is 0. The lowest BCUT2D eigenvalue weighted by molar-refractivity contribution is 0.338. The Kier molecular flexibility index (Phi) is 44.9. The van der Waals surface area contributed by atoms with Crippen molar-refractivity contribution in [2.75, 3.05) is 18.8 Å². The van der Waals surface area contributed by atoms with Gasteiger partial charge in [0.2, 0.25) is 0 Å². The third-order valence-electron chi connectivity index (χ3n) is 0.333. The van der Waals surface area contributed by atoms with Gasteiger partial charge in [0.05, 0.1) is 20.7 Å². The van der Waals surface area contributed by atoms with Gasteiger partial charge in [-0.2, -0.15) is 0 Å². The second-order valence-electron chi connectivity index (χ2n) is 2.15. The zero-order valence-electron chi connectivity index (χ0n) is 11.2. The maximum absolute atomic E-state index is 10.1. The van der Waals surface area contributed by atoms with Crippen LogP contribution in [-0.2, 0) is 9.93 Å². The van der Waals surface area contributed by atoms with Crippen molar-refractivity contribution in [3.05, 3.63) is 0 Å². The molecule has 0 spiro atoms. The summed E-state index contributed by atoms with van der Waals surface area (Å²) in [6, 6.07) is 0. The van der Waals surface area contributed by atoms with Crippen LogP contribution in [0, 0.1) is 0 Å². The van der Waals surface area contributed by atoms with E-state index in [4.69, 9.17) is 40.2 Å². The fourth-order valence-electron chi connectivity index (χ4n) is 0. The Balaban J connectivity index is -0.0000000510. The molecule has 0 bridgehead atoms. The van der Waals surface area contributed by atoms with E-state index >= 15 is 0 Å². The topological polar surface area (TPSA) is 162 Å². The average molecular weight is 365 g/mol. The Morgan fingerprint density at radius 3 is 0.667 bits per heavy atom. The third kappa shape index (κ3) is 1230. The first-order valence-electron chi connectivity index (χ1n) is 4.33. The highest BCUT2D eigenvalue weighted by Gasteiger charge is 1.98. The highest BCUT2D eigenvalue weighted by molar-refractivity contribution is 8.73. The molecule has 0 aromatic heterocycles. The minimum absolute atomic E-state index is 0.594. The number of halogens is 4. The van der Waals surface area contributed by atoms with E-state index in [-0.39, 0.29) is 0 Å². The largest absolute Gasteiger partial charge is 0.674 e. The van der Waals surface area contributed by atoms with Crippen molar-refractivity contribution in [1.82, 2.24) is 0 Å². The van der Waals surface area contributed by atoms with Crippen LogP contribution in [0.2, 0.25) is 0 Å². The molecule has 0 radical (unpaired) electrons. The van der Waals surface area contributed by atoms with E-state index < -0.39 is 29.6 Å². The van der Waals surface area contributed by atoms with Crippen LogP contribution in [-0.4, -0.2) is 88.5 Å². The van der Waals surface area contributed by atoms with Crippen molar-refractivity contribution in [2.45, 2.75) is 0 Å². The normalized spacial score (nSPS) is 7.43. The number of hydrogen-bond acceptors (Lipinski definition) is 9. The van der Waals surface area contributed by atoms with Crippen LogP contribution in [0.1, 0.15) is 0 Å². The lowest BCUT2D eigenvalue weighted by Crippen LogP contribution is -1.98. The van der Waals surface area contributed by atoms with Crippen molar-refractivity contribution in [1.29, 1.82) is 0 Å². The van der Waals surface area contributed by atoms with Gasteiger partial charge in [0.1, 0.15) is 12.5 Å². The average Bonchev–Trinajstić information content (AvgIpc) is 2.13. The van der Waals surface area contributed by atoms with Gasteiger partial charge < -0.3 is 40.2 Å². The molecule has 0 saturated carbocycles. The van der Waals surface area contributed by atoms with E-state index in [0.717, 1.165) is 0 Å². The van der Waals surface area contributed by atoms with E-state index in [2.05, 4.69) is 18.8 Å². The molecule has 0 aliphatic carbocycles. The molecular weight excluding hydrogens is 347 g/mol. The molecule has 0 saturated heterocycles. The Morgan fingerprint density at radius 1 is 0.619 bits per heavy atom. The van der Waals surface area contributed by atoms with Crippen LogP contribution < -0.4 is 0 Å². The molecule has 0 heterocycles. The fourth-order valence-corrected chi connectivity index (χ4v) is 0. The third-order valence-corrected chi connectivity index (χ3v) is 3.00. The molecule has 8 N–H and O–H groups in total. The van der Waals surface area contributed by atoms with Crippen LogP contribution in [0.5, 0.6) is 0 Å². The lowest BCUT2D eigenvalue weighted by atomic mass is 10.3. The molecule has 0 amide bonds. The second kappa shape index (κ2) is 28.5. The van der Waals surface area contributed by atoms with Gasteiger partial charge in [-0.25, -0.2) is 0 Å². The van der Waals surface area contributed by atoms with E-state index in [1.54, 1.807) is 0 Å². The molecule has 21 heavy (non-hydrogen) atoms. The van der Waals surface area contributed by atoms with Crippen LogP contribution >= 0.6 is 10.8 Å². The summed E-state index contributed by atoms with van der Waals surface area (Å²) in [6.45, 7) is 0. The maximum Gasteiger partial charge on any atom is 0.674 e. The molecule has 18 heteroatoms. The minimum atomic E-state index is -2.67. The van der Waals surface area contributed by atoms with Gasteiger partial charge in [-0.05, 0) is 0 Å². The smallest absolute Gasteiger partial charge is 0.398 e. The first-order chi connectivity index (χ1) is 9.20. The van der Waals surface area contributed by atoms with Crippen LogP contribution in [0.15, 0.2) is 0 Å². The Hall–Kier alpha value is 0.360. The molecular formula is C3H17B4F4O8S2+. The molecule has 0 aliphatic rings. The first kappa shape index (κ1) is 33.1. The van der Waals surface area contributed by atoms with Crippen LogP contribution in [0.3, 0.4) is 0 Å². The molecule has 0 atom stereocenters. The molecule has 0 aromatic rings. The van der Waals surface area contributed by atoms with Crippen molar-refractivity contribution >= 4 is 50.3 Å². The van der Waals surface area contributed by atoms with Crippen LogP contribution in [0.25, 0.3) is 0 Å². The van der Waals surface area contributed by atoms with Crippen molar-refractivity contribution in [3.63, 3.8) is 0 Å². The summed E-state index contributed by atoms with van der Waals surface area (Å²) >= 11 is 0. The van der Waals surface area contributed by atoms with Gasteiger partial charge in [-0.3, -0.25) is 17.3 Å². The molecule has 128 valence electrons. The van der Waals surface area contributed by atoms with E-state index in [1.165, 1.54) is 0 Å². The summed E-state index contributed by atoms with van der Waals surface area (Å²) in [5, 5.41) is 55.6. The highest BCUT2D eigenvalue weighted by atomic mass is 33.1. The predicted octanol–water partition coefficient (Wildman–Crippen LogP) is -3.16. The summed E-state index contributed by atoms with van der Waals surface area (Å²) in [7, 11) is -8.17.